The molecule has 1 N–H and O–H groups in total. The van der Waals surface area contributed by atoms with Crippen LogP contribution in [0.1, 0.15) is 11.1 Å². The summed E-state index contributed by atoms with van der Waals surface area (Å²) in [4.78, 5) is 4.11. The highest BCUT2D eigenvalue weighted by atomic mass is 14.8. The molecule has 0 bridgehead atoms. The molecule has 2 rings (SSSR count). The molecule has 11 heavy (non-hydrogen) atoms. The molecule has 0 radical (unpaired) electrons. The summed E-state index contributed by atoms with van der Waals surface area (Å²) in [6.45, 7) is 2.20. The maximum absolute atomic E-state index is 4.11. The molecule has 0 saturated carbocycles. The van der Waals surface area contributed by atoms with Crippen molar-refractivity contribution in [2.24, 2.45) is 0 Å². The standard InChI is InChI=1S/C9H12N2/c1-4-10-5-3-9-7-11-6-2-8(1)9/h2,6-7,10H,1,3-5H2. The zero-order valence-corrected chi connectivity index (χ0v) is 6.51. The first-order valence-corrected chi connectivity index (χ1v) is 4.09. The fraction of sp³-hybridized carbons (Fsp3) is 0.444. The van der Waals surface area contributed by atoms with Crippen LogP contribution in [-0.2, 0) is 12.8 Å². The van der Waals surface area contributed by atoms with E-state index >= 15 is 0 Å². The molecule has 0 unspecified atom stereocenters. The lowest BCUT2D eigenvalue weighted by Gasteiger charge is -2.00. The van der Waals surface area contributed by atoms with Crippen molar-refractivity contribution in [3.63, 3.8) is 0 Å². The summed E-state index contributed by atoms with van der Waals surface area (Å²) in [7, 11) is 0. The van der Waals surface area contributed by atoms with Crippen LogP contribution < -0.4 is 5.32 Å². The summed E-state index contributed by atoms with van der Waals surface area (Å²) in [6, 6.07) is 2.13. The van der Waals surface area contributed by atoms with Crippen molar-refractivity contribution in [3.8, 4) is 0 Å². The minimum Gasteiger partial charge on any atom is -0.316 e. The zero-order valence-electron chi connectivity index (χ0n) is 6.51. The fourth-order valence-corrected chi connectivity index (χ4v) is 1.50. The van der Waals surface area contributed by atoms with Gasteiger partial charge in [0.25, 0.3) is 0 Å². The Kier molecular flexibility index (Phi) is 1.86. The molecule has 1 aromatic heterocycles. The minimum atomic E-state index is 1.10. The van der Waals surface area contributed by atoms with Gasteiger partial charge in [0, 0.05) is 12.4 Å². The molecular weight excluding hydrogens is 136 g/mol. The summed E-state index contributed by atoms with van der Waals surface area (Å²) >= 11 is 0. The van der Waals surface area contributed by atoms with Crippen LogP contribution in [0.3, 0.4) is 0 Å². The van der Waals surface area contributed by atoms with Crippen LogP contribution in [0.5, 0.6) is 0 Å². The van der Waals surface area contributed by atoms with Crippen LogP contribution in [0, 0.1) is 0 Å². The molecule has 0 saturated heterocycles. The summed E-state index contributed by atoms with van der Waals surface area (Å²) in [5.41, 5.74) is 2.88. The highest BCUT2D eigenvalue weighted by molar-refractivity contribution is 5.24. The average molecular weight is 148 g/mol. The number of nitrogens with zero attached hydrogens (tertiary/aromatic N) is 1. The predicted octanol–water partition coefficient (Wildman–Crippen LogP) is 0.770. The second-order valence-electron chi connectivity index (χ2n) is 2.89. The van der Waals surface area contributed by atoms with Gasteiger partial charge in [-0.2, -0.15) is 0 Å². The second-order valence-corrected chi connectivity index (χ2v) is 2.89. The molecule has 2 nitrogen and oxygen atoms in total. The lowest BCUT2D eigenvalue weighted by molar-refractivity contribution is 0.711. The van der Waals surface area contributed by atoms with Crippen LogP contribution in [-0.4, -0.2) is 18.1 Å². The van der Waals surface area contributed by atoms with Gasteiger partial charge in [0.1, 0.15) is 0 Å². The van der Waals surface area contributed by atoms with Gasteiger partial charge >= 0.3 is 0 Å². The zero-order chi connectivity index (χ0) is 7.52. The highest BCUT2D eigenvalue weighted by Gasteiger charge is 2.05. The summed E-state index contributed by atoms with van der Waals surface area (Å²) in [6.07, 6.45) is 6.15. The van der Waals surface area contributed by atoms with Crippen molar-refractivity contribution in [3.05, 3.63) is 29.6 Å². The van der Waals surface area contributed by atoms with Crippen LogP contribution in [0.4, 0.5) is 0 Å². The molecule has 1 aliphatic rings. The normalized spacial score (nSPS) is 17.1. The Hall–Kier alpha value is -0.890. The topological polar surface area (TPSA) is 24.9 Å². The number of pyridine rings is 1. The van der Waals surface area contributed by atoms with E-state index in [1.54, 1.807) is 0 Å². The van der Waals surface area contributed by atoms with Gasteiger partial charge in [-0.05, 0) is 43.1 Å². The number of fused-ring (bicyclic) bond motifs is 1. The number of aromatic nitrogens is 1. The van der Waals surface area contributed by atoms with Gasteiger partial charge in [0.05, 0.1) is 0 Å². The van der Waals surface area contributed by atoms with E-state index in [0.717, 1.165) is 25.9 Å². The molecule has 2 heteroatoms. The molecule has 0 aliphatic carbocycles. The molecule has 58 valence electrons. The summed E-state index contributed by atoms with van der Waals surface area (Å²) in [5, 5.41) is 3.37. The minimum absolute atomic E-state index is 1.10. The Balaban J connectivity index is 2.33. The predicted molar refractivity (Wildman–Crippen MR) is 44.5 cm³/mol. The van der Waals surface area contributed by atoms with Gasteiger partial charge in [0.2, 0.25) is 0 Å². The lowest BCUT2D eigenvalue weighted by Crippen LogP contribution is -2.16. The molecular formula is C9H12N2. The molecule has 0 atom stereocenters. The number of nitrogens with one attached hydrogen (secondary N) is 1. The van der Waals surface area contributed by atoms with Crippen LogP contribution in [0.15, 0.2) is 18.5 Å². The third kappa shape index (κ3) is 1.40. The van der Waals surface area contributed by atoms with E-state index in [0.29, 0.717) is 0 Å². The SMILES string of the molecule is c1cc2c(cn1)CCNCC2. The largest absolute Gasteiger partial charge is 0.316 e. The fourth-order valence-electron chi connectivity index (χ4n) is 1.50. The van der Waals surface area contributed by atoms with Gasteiger partial charge in [-0.25, -0.2) is 0 Å². The van der Waals surface area contributed by atoms with E-state index in [2.05, 4.69) is 16.4 Å². The smallest absolute Gasteiger partial charge is 0.0303 e. The Morgan fingerprint density at radius 1 is 1.18 bits per heavy atom. The first-order chi connectivity index (χ1) is 5.47. The van der Waals surface area contributed by atoms with E-state index in [1.807, 2.05) is 12.4 Å². The van der Waals surface area contributed by atoms with E-state index in [4.69, 9.17) is 0 Å². The molecule has 0 fully saturated rings. The molecule has 0 spiro atoms. The first-order valence-electron chi connectivity index (χ1n) is 4.09. The van der Waals surface area contributed by atoms with Crippen molar-refractivity contribution >= 4 is 0 Å². The maximum Gasteiger partial charge on any atom is 0.0303 e. The molecule has 2 heterocycles. The average Bonchev–Trinajstić information content (AvgIpc) is 2.28. The Labute approximate surface area is 66.7 Å². The number of hydrogen-bond acceptors (Lipinski definition) is 2. The van der Waals surface area contributed by atoms with Crippen LogP contribution >= 0.6 is 0 Å². The van der Waals surface area contributed by atoms with Crippen molar-refractivity contribution in [1.82, 2.24) is 10.3 Å². The first kappa shape index (κ1) is 6.80. The Morgan fingerprint density at radius 2 is 2.00 bits per heavy atom. The van der Waals surface area contributed by atoms with Crippen LogP contribution in [0.25, 0.3) is 0 Å². The van der Waals surface area contributed by atoms with Crippen molar-refractivity contribution in [1.29, 1.82) is 0 Å². The third-order valence-corrected chi connectivity index (χ3v) is 2.15. The lowest BCUT2D eigenvalue weighted by atomic mass is 10.1. The Bertz CT molecular complexity index is 220. The van der Waals surface area contributed by atoms with E-state index in [9.17, 15) is 0 Å². The van der Waals surface area contributed by atoms with Gasteiger partial charge in [0.15, 0.2) is 0 Å². The van der Waals surface area contributed by atoms with Gasteiger partial charge in [-0.15, -0.1) is 0 Å². The molecule has 1 aromatic rings. The van der Waals surface area contributed by atoms with Gasteiger partial charge < -0.3 is 5.32 Å². The number of rotatable bonds is 0. The monoisotopic (exact) mass is 148 g/mol. The maximum atomic E-state index is 4.11. The summed E-state index contributed by atoms with van der Waals surface area (Å²) in [5.74, 6) is 0. The van der Waals surface area contributed by atoms with Gasteiger partial charge in [-0.3, -0.25) is 4.98 Å². The quantitative estimate of drug-likeness (QED) is 0.588. The van der Waals surface area contributed by atoms with E-state index < -0.39 is 0 Å². The molecule has 0 amide bonds. The second kappa shape index (κ2) is 3.01. The summed E-state index contributed by atoms with van der Waals surface area (Å²) < 4.78 is 0. The van der Waals surface area contributed by atoms with E-state index in [-0.39, 0.29) is 0 Å². The molecule has 0 aromatic carbocycles. The number of hydrogen-bond donors (Lipinski definition) is 1. The third-order valence-electron chi connectivity index (χ3n) is 2.15. The highest BCUT2D eigenvalue weighted by Crippen LogP contribution is 2.09. The van der Waals surface area contributed by atoms with Gasteiger partial charge in [-0.1, -0.05) is 0 Å². The molecule has 1 aliphatic heterocycles. The van der Waals surface area contributed by atoms with Crippen molar-refractivity contribution < 1.29 is 0 Å². The van der Waals surface area contributed by atoms with Crippen LogP contribution in [0.2, 0.25) is 0 Å². The van der Waals surface area contributed by atoms with Crippen molar-refractivity contribution in [2.75, 3.05) is 13.1 Å². The Morgan fingerprint density at radius 3 is 2.91 bits per heavy atom. The van der Waals surface area contributed by atoms with E-state index in [1.165, 1.54) is 11.1 Å². The van der Waals surface area contributed by atoms with Crippen molar-refractivity contribution in [2.45, 2.75) is 12.8 Å².